The van der Waals surface area contributed by atoms with E-state index < -0.39 is 6.10 Å². The van der Waals surface area contributed by atoms with Gasteiger partial charge < -0.3 is 14.5 Å². The number of fused-ring (bicyclic) bond motifs is 1. The van der Waals surface area contributed by atoms with E-state index in [-0.39, 0.29) is 11.8 Å². The molecule has 2 amide bonds. The first kappa shape index (κ1) is 19.4. The lowest BCUT2D eigenvalue weighted by Gasteiger charge is -2.38. The number of rotatable bonds is 3. The van der Waals surface area contributed by atoms with Crippen molar-refractivity contribution in [2.24, 2.45) is 5.92 Å². The normalized spacial score (nSPS) is 24.1. The number of ether oxygens (including phenoxy) is 1. The van der Waals surface area contributed by atoms with Gasteiger partial charge in [-0.05, 0) is 49.4 Å². The quantitative estimate of drug-likeness (QED) is 0.792. The molecule has 28 heavy (non-hydrogen) atoms. The standard InChI is InChI=1S/C22H31N3O3/c1-17-6-9-23(10-7-17)16-21(26)24-12-13-28-20(15-24)22(27)25-11-8-18-4-2-3-5-19(18)14-25/h2-5,17,20H,6-16H2,1H3. The fraction of sp³-hybridized carbons (Fsp3) is 0.636. The second-order valence-corrected chi connectivity index (χ2v) is 8.44. The molecule has 152 valence electrons. The Morgan fingerprint density at radius 1 is 1.04 bits per heavy atom. The average molecular weight is 386 g/mol. The minimum absolute atomic E-state index is 0.0128. The van der Waals surface area contributed by atoms with Crippen LogP contribution in [0.25, 0.3) is 0 Å². The lowest BCUT2D eigenvalue weighted by Crippen LogP contribution is -2.55. The van der Waals surface area contributed by atoms with Crippen molar-refractivity contribution in [3.05, 3.63) is 35.4 Å². The van der Waals surface area contributed by atoms with Gasteiger partial charge in [-0.3, -0.25) is 14.5 Å². The van der Waals surface area contributed by atoms with Crippen LogP contribution < -0.4 is 0 Å². The van der Waals surface area contributed by atoms with Crippen LogP contribution in [0, 0.1) is 5.92 Å². The minimum atomic E-state index is -0.538. The van der Waals surface area contributed by atoms with E-state index in [0.717, 1.165) is 44.8 Å². The summed E-state index contributed by atoms with van der Waals surface area (Å²) in [6, 6.07) is 8.29. The third-order valence-electron chi connectivity index (χ3n) is 6.37. The largest absolute Gasteiger partial charge is 0.365 e. The van der Waals surface area contributed by atoms with E-state index >= 15 is 0 Å². The zero-order valence-corrected chi connectivity index (χ0v) is 16.8. The van der Waals surface area contributed by atoms with E-state index in [9.17, 15) is 9.59 Å². The van der Waals surface area contributed by atoms with Gasteiger partial charge in [0.15, 0.2) is 6.10 Å². The Morgan fingerprint density at radius 3 is 2.57 bits per heavy atom. The number of amides is 2. The number of likely N-dealkylation sites (tertiary alicyclic amines) is 1. The van der Waals surface area contributed by atoms with Gasteiger partial charge in [-0.2, -0.15) is 0 Å². The Kier molecular flexibility index (Phi) is 5.97. The van der Waals surface area contributed by atoms with Crippen LogP contribution in [-0.4, -0.2) is 78.5 Å². The third-order valence-corrected chi connectivity index (χ3v) is 6.37. The number of hydrogen-bond acceptors (Lipinski definition) is 4. The lowest BCUT2D eigenvalue weighted by molar-refractivity contribution is -0.155. The Morgan fingerprint density at radius 2 is 1.79 bits per heavy atom. The van der Waals surface area contributed by atoms with Crippen molar-refractivity contribution in [3.63, 3.8) is 0 Å². The van der Waals surface area contributed by atoms with Crippen molar-refractivity contribution >= 4 is 11.8 Å². The smallest absolute Gasteiger partial charge is 0.253 e. The summed E-state index contributed by atoms with van der Waals surface area (Å²) in [7, 11) is 0. The molecule has 3 heterocycles. The number of piperidine rings is 1. The fourth-order valence-corrected chi connectivity index (χ4v) is 4.42. The number of hydrogen-bond donors (Lipinski definition) is 0. The van der Waals surface area contributed by atoms with Crippen molar-refractivity contribution in [1.29, 1.82) is 0 Å². The molecule has 0 radical (unpaired) electrons. The second kappa shape index (κ2) is 8.62. The maximum atomic E-state index is 13.0. The molecule has 1 aromatic rings. The topological polar surface area (TPSA) is 53.1 Å². The molecule has 0 aliphatic carbocycles. The van der Waals surface area contributed by atoms with Crippen molar-refractivity contribution < 1.29 is 14.3 Å². The highest BCUT2D eigenvalue weighted by molar-refractivity contribution is 5.84. The molecule has 0 spiro atoms. The van der Waals surface area contributed by atoms with Crippen LogP contribution in [0.5, 0.6) is 0 Å². The van der Waals surface area contributed by atoms with E-state index in [1.54, 1.807) is 0 Å². The average Bonchev–Trinajstić information content (AvgIpc) is 2.74. The van der Waals surface area contributed by atoms with Gasteiger partial charge in [-0.15, -0.1) is 0 Å². The van der Waals surface area contributed by atoms with E-state index in [0.29, 0.717) is 32.8 Å². The van der Waals surface area contributed by atoms with Crippen LogP contribution in [0.1, 0.15) is 30.9 Å². The molecular formula is C22H31N3O3. The predicted octanol–water partition coefficient (Wildman–Crippen LogP) is 1.53. The molecule has 0 saturated carbocycles. The summed E-state index contributed by atoms with van der Waals surface area (Å²) in [6.07, 6.45) is 2.66. The van der Waals surface area contributed by atoms with Crippen LogP contribution in [0.2, 0.25) is 0 Å². The van der Waals surface area contributed by atoms with Gasteiger partial charge in [-0.25, -0.2) is 0 Å². The summed E-state index contributed by atoms with van der Waals surface area (Å²) in [6.45, 7) is 7.46. The van der Waals surface area contributed by atoms with E-state index in [1.807, 2.05) is 21.9 Å². The molecule has 2 saturated heterocycles. The van der Waals surface area contributed by atoms with Gasteiger partial charge >= 0.3 is 0 Å². The Hall–Kier alpha value is -1.92. The molecule has 0 N–H and O–H groups in total. The van der Waals surface area contributed by atoms with Gasteiger partial charge in [-0.1, -0.05) is 31.2 Å². The number of carbonyl (C=O) groups is 2. The highest BCUT2D eigenvalue weighted by Crippen LogP contribution is 2.21. The summed E-state index contributed by atoms with van der Waals surface area (Å²) in [5, 5.41) is 0. The van der Waals surface area contributed by atoms with Gasteiger partial charge in [0.25, 0.3) is 5.91 Å². The first-order valence-corrected chi connectivity index (χ1v) is 10.6. The minimum Gasteiger partial charge on any atom is -0.365 e. The van der Waals surface area contributed by atoms with Crippen LogP contribution >= 0.6 is 0 Å². The Balaban J connectivity index is 1.32. The second-order valence-electron chi connectivity index (χ2n) is 8.44. The number of benzene rings is 1. The maximum Gasteiger partial charge on any atom is 0.253 e. The molecule has 3 aliphatic heterocycles. The van der Waals surface area contributed by atoms with Crippen molar-refractivity contribution in [2.45, 2.75) is 38.8 Å². The van der Waals surface area contributed by atoms with E-state index in [1.165, 1.54) is 11.1 Å². The molecule has 4 rings (SSSR count). The molecule has 1 atom stereocenters. The Labute approximate surface area is 167 Å². The highest BCUT2D eigenvalue weighted by Gasteiger charge is 2.34. The maximum absolute atomic E-state index is 13.0. The Bertz CT molecular complexity index is 715. The number of morpholine rings is 1. The summed E-state index contributed by atoms with van der Waals surface area (Å²) >= 11 is 0. The van der Waals surface area contributed by atoms with Crippen LogP contribution in [-0.2, 0) is 27.3 Å². The molecular weight excluding hydrogens is 354 g/mol. The molecule has 2 fully saturated rings. The molecule has 6 nitrogen and oxygen atoms in total. The monoisotopic (exact) mass is 385 g/mol. The first-order valence-electron chi connectivity index (χ1n) is 10.6. The van der Waals surface area contributed by atoms with Gasteiger partial charge in [0.05, 0.1) is 19.7 Å². The SMILES string of the molecule is CC1CCN(CC(=O)N2CCOC(C(=O)N3CCc4ccccc4C3)C2)CC1. The van der Waals surface area contributed by atoms with E-state index in [2.05, 4.69) is 24.0 Å². The summed E-state index contributed by atoms with van der Waals surface area (Å²) in [5.74, 6) is 0.893. The molecule has 3 aliphatic rings. The molecule has 0 aromatic heterocycles. The summed E-state index contributed by atoms with van der Waals surface area (Å²) < 4.78 is 5.77. The molecule has 1 aromatic carbocycles. The van der Waals surface area contributed by atoms with Crippen LogP contribution in [0.15, 0.2) is 24.3 Å². The van der Waals surface area contributed by atoms with Gasteiger partial charge in [0.2, 0.25) is 5.91 Å². The fourth-order valence-electron chi connectivity index (χ4n) is 4.42. The van der Waals surface area contributed by atoms with Crippen LogP contribution in [0.4, 0.5) is 0 Å². The lowest BCUT2D eigenvalue weighted by atomic mass is 9.99. The van der Waals surface area contributed by atoms with Crippen LogP contribution in [0.3, 0.4) is 0 Å². The molecule has 6 heteroatoms. The number of nitrogens with zero attached hydrogens (tertiary/aromatic N) is 3. The highest BCUT2D eigenvalue weighted by atomic mass is 16.5. The van der Waals surface area contributed by atoms with Gasteiger partial charge in [0.1, 0.15) is 0 Å². The number of carbonyl (C=O) groups excluding carboxylic acids is 2. The zero-order valence-electron chi connectivity index (χ0n) is 16.8. The summed E-state index contributed by atoms with van der Waals surface area (Å²) in [4.78, 5) is 31.7. The first-order chi connectivity index (χ1) is 13.6. The third kappa shape index (κ3) is 4.39. The van der Waals surface area contributed by atoms with E-state index in [4.69, 9.17) is 4.74 Å². The molecule has 0 bridgehead atoms. The van der Waals surface area contributed by atoms with Gasteiger partial charge in [0, 0.05) is 19.6 Å². The van der Waals surface area contributed by atoms with Crippen molar-refractivity contribution in [3.8, 4) is 0 Å². The summed E-state index contributed by atoms with van der Waals surface area (Å²) in [5.41, 5.74) is 2.54. The van der Waals surface area contributed by atoms with Crippen molar-refractivity contribution in [1.82, 2.24) is 14.7 Å². The zero-order chi connectivity index (χ0) is 19.5. The van der Waals surface area contributed by atoms with Crippen molar-refractivity contribution in [2.75, 3.05) is 45.9 Å². The molecule has 1 unspecified atom stereocenters. The predicted molar refractivity (Wildman–Crippen MR) is 107 cm³/mol.